The molecule has 4 amide bonds. The van der Waals surface area contributed by atoms with E-state index in [0.29, 0.717) is 11.3 Å². The van der Waals surface area contributed by atoms with Crippen LogP contribution >= 0.6 is 11.8 Å². The van der Waals surface area contributed by atoms with E-state index in [9.17, 15) is 24.5 Å². The van der Waals surface area contributed by atoms with Gasteiger partial charge in [-0.2, -0.15) is 0 Å². The average Bonchev–Trinajstić information content (AvgIpc) is 2.92. The Labute approximate surface area is 170 Å². The number of rotatable bonds is 6. The molecule has 2 aromatic carbocycles. The molecule has 0 saturated carbocycles. The first kappa shape index (κ1) is 20.3. The maximum absolute atomic E-state index is 12.9. The predicted molar refractivity (Wildman–Crippen MR) is 108 cm³/mol. The van der Waals surface area contributed by atoms with E-state index >= 15 is 0 Å². The van der Waals surface area contributed by atoms with Gasteiger partial charge in [0.1, 0.15) is 12.1 Å². The SMILES string of the molecule is CSc1cccc(NC(=O)CN2C(=O)NC(C)(c3ccc([N+](=O)[O-])cc3)C2=O)c1. The first-order chi connectivity index (χ1) is 13.7. The molecular formula is C19H18N4O5S. The first-order valence-electron chi connectivity index (χ1n) is 8.57. The molecule has 0 aromatic heterocycles. The zero-order valence-corrected chi connectivity index (χ0v) is 16.5. The van der Waals surface area contributed by atoms with Crippen LogP contribution in [0.2, 0.25) is 0 Å². The maximum Gasteiger partial charge on any atom is 0.325 e. The van der Waals surface area contributed by atoms with Crippen molar-refractivity contribution in [2.24, 2.45) is 0 Å². The van der Waals surface area contributed by atoms with Crippen molar-refractivity contribution in [2.45, 2.75) is 17.4 Å². The van der Waals surface area contributed by atoms with Gasteiger partial charge in [-0.15, -0.1) is 11.8 Å². The van der Waals surface area contributed by atoms with E-state index in [0.717, 1.165) is 9.80 Å². The first-order valence-corrected chi connectivity index (χ1v) is 9.80. The standard InChI is InChI=1S/C19H18N4O5S/c1-19(12-6-8-14(9-7-12)23(27)28)17(25)22(18(26)21-19)11-16(24)20-13-4-3-5-15(10-13)29-2/h3-10H,11H2,1-2H3,(H,20,24)(H,21,26). The fourth-order valence-electron chi connectivity index (χ4n) is 3.00. The average molecular weight is 414 g/mol. The highest BCUT2D eigenvalue weighted by atomic mass is 32.2. The molecule has 10 heteroatoms. The number of thioether (sulfide) groups is 1. The molecule has 1 fully saturated rings. The van der Waals surface area contributed by atoms with E-state index in [4.69, 9.17) is 0 Å². The van der Waals surface area contributed by atoms with Gasteiger partial charge in [0.25, 0.3) is 11.6 Å². The van der Waals surface area contributed by atoms with Crippen molar-refractivity contribution in [2.75, 3.05) is 18.1 Å². The Morgan fingerprint density at radius 2 is 1.93 bits per heavy atom. The minimum Gasteiger partial charge on any atom is -0.324 e. The van der Waals surface area contributed by atoms with Crippen molar-refractivity contribution in [3.05, 3.63) is 64.2 Å². The van der Waals surface area contributed by atoms with E-state index < -0.39 is 34.9 Å². The number of amides is 4. The number of urea groups is 1. The minimum absolute atomic E-state index is 0.127. The van der Waals surface area contributed by atoms with Crippen molar-refractivity contribution in [3.8, 4) is 0 Å². The van der Waals surface area contributed by atoms with Crippen LogP contribution in [0.15, 0.2) is 53.4 Å². The number of benzene rings is 2. The van der Waals surface area contributed by atoms with Gasteiger partial charge in [-0.3, -0.25) is 24.6 Å². The highest BCUT2D eigenvalue weighted by Gasteiger charge is 2.49. The molecule has 2 N–H and O–H groups in total. The molecule has 1 saturated heterocycles. The van der Waals surface area contributed by atoms with Gasteiger partial charge in [-0.05, 0) is 49.1 Å². The Balaban J connectivity index is 1.74. The summed E-state index contributed by atoms with van der Waals surface area (Å²) < 4.78 is 0. The minimum atomic E-state index is -1.41. The summed E-state index contributed by atoms with van der Waals surface area (Å²) >= 11 is 1.52. The third-order valence-corrected chi connectivity index (χ3v) is 5.31. The number of hydrogen-bond donors (Lipinski definition) is 2. The lowest BCUT2D eigenvalue weighted by Gasteiger charge is -2.22. The lowest BCUT2D eigenvalue weighted by Crippen LogP contribution is -2.42. The normalized spacial score (nSPS) is 18.5. The van der Waals surface area contributed by atoms with Crippen LogP contribution in [0.1, 0.15) is 12.5 Å². The predicted octanol–water partition coefficient (Wildman–Crippen LogP) is 2.72. The highest BCUT2D eigenvalue weighted by molar-refractivity contribution is 7.98. The van der Waals surface area contributed by atoms with Crippen molar-refractivity contribution in [1.82, 2.24) is 10.2 Å². The summed E-state index contributed by atoms with van der Waals surface area (Å²) in [4.78, 5) is 49.6. The second kappa shape index (κ2) is 7.92. The lowest BCUT2D eigenvalue weighted by molar-refractivity contribution is -0.384. The van der Waals surface area contributed by atoms with Crippen molar-refractivity contribution in [1.29, 1.82) is 0 Å². The monoisotopic (exact) mass is 414 g/mol. The van der Waals surface area contributed by atoms with Crippen LogP contribution in [0.25, 0.3) is 0 Å². The second-order valence-corrected chi connectivity index (χ2v) is 7.41. The van der Waals surface area contributed by atoms with Gasteiger partial charge in [0.15, 0.2) is 0 Å². The third kappa shape index (κ3) is 4.06. The number of nitro groups is 1. The van der Waals surface area contributed by atoms with Crippen molar-refractivity contribution >= 4 is 41.0 Å². The van der Waals surface area contributed by atoms with E-state index in [2.05, 4.69) is 10.6 Å². The molecule has 1 heterocycles. The van der Waals surface area contributed by atoms with E-state index in [-0.39, 0.29) is 5.69 Å². The second-order valence-electron chi connectivity index (χ2n) is 6.53. The van der Waals surface area contributed by atoms with Crippen molar-refractivity contribution in [3.63, 3.8) is 0 Å². The van der Waals surface area contributed by atoms with Crippen LogP contribution < -0.4 is 10.6 Å². The lowest BCUT2D eigenvalue weighted by atomic mass is 9.92. The molecule has 0 spiro atoms. The fraction of sp³-hybridized carbons (Fsp3) is 0.211. The fourth-order valence-corrected chi connectivity index (χ4v) is 3.46. The smallest absolute Gasteiger partial charge is 0.324 e. The van der Waals surface area contributed by atoms with Gasteiger partial charge < -0.3 is 10.6 Å². The summed E-state index contributed by atoms with van der Waals surface area (Å²) in [5.41, 5.74) is -0.590. The zero-order valence-electron chi connectivity index (χ0n) is 15.7. The maximum atomic E-state index is 12.9. The topological polar surface area (TPSA) is 122 Å². The van der Waals surface area contributed by atoms with Crippen LogP contribution in [0.4, 0.5) is 16.2 Å². The Kier molecular flexibility index (Phi) is 5.55. The number of nitro benzene ring substituents is 1. The van der Waals surface area contributed by atoms with Gasteiger partial charge in [0.05, 0.1) is 4.92 Å². The summed E-state index contributed by atoms with van der Waals surface area (Å²) in [6.45, 7) is 1.05. The number of nitrogens with one attached hydrogen (secondary N) is 2. The summed E-state index contributed by atoms with van der Waals surface area (Å²) in [6.07, 6.45) is 1.91. The molecule has 150 valence electrons. The number of non-ortho nitro benzene ring substituents is 1. The summed E-state index contributed by atoms with van der Waals surface area (Å²) in [5.74, 6) is -1.12. The molecule has 2 aromatic rings. The van der Waals surface area contributed by atoms with Gasteiger partial charge in [0, 0.05) is 22.7 Å². The number of anilines is 1. The molecule has 0 bridgehead atoms. The third-order valence-electron chi connectivity index (χ3n) is 4.59. The van der Waals surface area contributed by atoms with Crippen LogP contribution in [-0.4, -0.2) is 40.5 Å². The van der Waals surface area contributed by atoms with Crippen LogP contribution in [0.5, 0.6) is 0 Å². The molecule has 0 aliphatic carbocycles. The Morgan fingerprint density at radius 3 is 2.55 bits per heavy atom. The van der Waals surface area contributed by atoms with Gasteiger partial charge >= 0.3 is 6.03 Å². The van der Waals surface area contributed by atoms with E-state index in [1.54, 1.807) is 18.2 Å². The number of nitrogens with zero attached hydrogens (tertiary/aromatic N) is 2. The van der Waals surface area contributed by atoms with Gasteiger partial charge in [0.2, 0.25) is 5.91 Å². The van der Waals surface area contributed by atoms with Crippen LogP contribution in [0, 0.1) is 10.1 Å². The molecular weight excluding hydrogens is 396 g/mol. The molecule has 9 nitrogen and oxygen atoms in total. The van der Waals surface area contributed by atoms with Crippen molar-refractivity contribution < 1.29 is 19.3 Å². The number of hydrogen-bond acceptors (Lipinski definition) is 6. The number of imide groups is 1. The molecule has 1 aliphatic heterocycles. The zero-order chi connectivity index (χ0) is 21.2. The molecule has 1 atom stereocenters. The Morgan fingerprint density at radius 1 is 1.24 bits per heavy atom. The van der Waals surface area contributed by atoms with Crippen LogP contribution in [-0.2, 0) is 15.1 Å². The number of carbonyl (C=O) groups excluding carboxylic acids is 3. The van der Waals surface area contributed by atoms with E-state index in [1.807, 2.05) is 12.3 Å². The largest absolute Gasteiger partial charge is 0.325 e. The molecule has 3 rings (SSSR count). The Hall–Kier alpha value is -3.40. The summed E-state index contributed by atoms with van der Waals surface area (Å²) in [7, 11) is 0. The quantitative estimate of drug-likeness (QED) is 0.324. The highest BCUT2D eigenvalue weighted by Crippen LogP contribution is 2.30. The molecule has 29 heavy (non-hydrogen) atoms. The molecule has 1 unspecified atom stereocenters. The van der Waals surface area contributed by atoms with Gasteiger partial charge in [-0.1, -0.05) is 6.07 Å². The molecule has 1 aliphatic rings. The summed E-state index contributed by atoms with van der Waals surface area (Å²) in [6, 6.07) is 11.8. The van der Waals surface area contributed by atoms with Gasteiger partial charge in [-0.25, -0.2) is 4.79 Å². The van der Waals surface area contributed by atoms with Crippen LogP contribution in [0.3, 0.4) is 0 Å². The number of carbonyl (C=O) groups is 3. The molecule has 0 radical (unpaired) electrons. The van der Waals surface area contributed by atoms with E-state index in [1.165, 1.54) is 43.0 Å². The Bertz CT molecular complexity index is 994. The summed E-state index contributed by atoms with van der Waals surface area (Å²) in [5, 5.41) is 16.0.